The lowest BCUT2D eigenvalue weighted by molar-refractivity contribution is -0.0310. The van der Waals surface area contributed by atoms with Crippen molar-refractivity contribution in [2.24, 2.45) is 5.92 Å². The zero-order valence-corrected chi connectivity index (χ0v) is 14.1. The predicted octanol–water partition coefficient (Wildman–Crippen LogP) is 3.22. The van der Waals surface area contributed by atoms with E-state index in [0.717, 1.165) is 25.2 Å². The molecule has 3 nitrogen and oxygen atoms in total. The molecule has 4 unspecified atom stereocenters. The second kappa shape index (κ2) is 8.89. The molecule has 1 aliphatic carbocycles. The second-order valence-corrected chi connectivity index (χ2v) is 7.51. The van der Waals surface area contributed by atoms with Crippen LogP contribution in [0.3, 0.4) is 0 Å². The summed E-state index contributed by atoms with van der Waals surface area (Å²) in [7, 11) is 0. The van der Waals surface area contributed by atoms with E-state index < -0.39 is 6.10 Å². The lowest BCUT2D eigenvalue weighted by Gasteiger charge is -2.27. The molecule has 0 radical (unpaired) electrons. The van der Waals surface area contributed by atoms with E-state index in [0.29, 0.717) is 25.3 Å². The third-order valence-electron chi connectivity index (χ3n) is 4.20. The van der Waals surface area contributed by atoms with Crippen LogP contribution in [0, 0.1) is 5.92 Å². The van der Waals surface area contributed by atoms with E-state index in [1.807, 2.05) is 0 Å². The summed E-state index contributed by atoms with van der Waals surface area (Å²) in [4.78, 5) is 1.39. The van der Waals surface area contributed by atoms with Crippen LogP contribution < -0.4 is 5.32 Å². The fourth-order valence-corrected chi connectivity index (χ4v) is 3.81. The van der Waals surface area contributed by atoms with Crippen LogP contribution in [0.15, 0.2) is 17.5 Å². The van der Waals surface area contributed by atoms with Gasteiger partial charge < -0.3 is 15.2 Å². The predicted molar refractivity (Wildman–Crippen MR) is 88.9 cm³/mol. The lowest BCUT2D eigenvalue weighted by Crippen LogP contribution is -2.38. The first kappa shape index (κ1) is 16.9. The largest absolute Gasteiger partial charge is 0.389 e. The Morgan fingerprint density at radius 1 is 1.48 bits per heavy atom. The average Bonchev–Trinajstić information content (AvgIpc) is 2.96. The number of aliphatic hydroxyl groups excluding tert-OH is 1. The zero-order chi connectivity index (χ0) is 15.1. The van der Waals surface area contributed by atoms with Gasteiger partial charge in [-0.05, 0) is 43.6 Å². The van der Waals surface area contributed by atoms with Gasteiger partial charge in [0, 0.05) is 17.5 Å². The molecule has 2 N–H and O–H groups in total. The summed E-state index contributed by atoms with van der Waals surface area (Å²) in [5.41, 5.74) is 0. The highest BCUT2D eigenvalue weighted by Gasteiger charge is 2.20. The number of hydrogen-bond acceptors (Lipinski definition) is 4. The van der Waals surface area contributed by atoms with Crippen molar-refractivity contribution < 1.29 is 9.84 Å². The van der Waals surface area contributed by atoms with Crippen molar-refractivity contribution in [3.8, 4) is 0 Å². The number of hydrogen-bond donors (Lipinski definition) is 2. The Balaban J connectivity index is 1.57. The molecule has 0 spiro atoms. The van der Waals surface area contributed by atoms with Gasteiger partial charge in [-0.1, -0.05) is 25.8 Å². The molecule has 120 valence electrons. The maximum atomic E-state index is 10.0. The number of aliphatic hydroxyl groups is 1. The van der Waals surface area contributed by atoms with Crippen LogP contribution in [0.4, 0.5) is 0 Å². The minimum Gasteiger partial charge on any atom is -0.389 e. The van der Waals surface area contributed by atoms with Gasteiger partial charge in [-0.2, -0.15) is 0 Å². The summed E-state index contributed by atoms with van der Waals surface area (Å²) in [5.74, 6) is 0.768. The smallest absolute Gasteiger partial charge is 0.0897 e. The van der Waals surface area contributed by atoms with Gasteiger partial charge in [0.2, 0.25) is 0 Å². The van der Waals surface area contributed by atoms with Gasteiger partial charge in [0.15, 0.2) is 0 Å². The highest BCUT2D eigenvalue weighted by atomic mass is 32.1. The SMILES string of the molecule is CC1CCCC(OCC(O)CNC(C)Cc2cccs2)C1. The Labute approximate surface area is 132 Å². The summed E-state index contributed by atoms with van der Waals surface area (Å²) in [6, 6.07) is 4.63. The molecule has 1 fully saturated rings. The van der Waals surface area contributed by atoms with Gasteiger partial charge in [0.25, 0.3) is 0 Å². The molecule has 0 bridgehead atoms. The Hall–Kier alpha value is -0.420. The van der Waals surface area contributed by atoms with Crippen LogP contribution in [0.5, 0.6) is 0 Å². The van der Waals surface area contributed by atoms with E-state index in [2.05, 4.69) is 36.7 Å². The zero-order valence-electron chi connectivity index (χ0n) is 13.3. The molecule has 0 amide bonds. The van der Waals surface area contributed by atoms with Gasteiger partial charge in [0.05, 0.1) is 18.8 Å². The van der Waals surface area contributed by atoms with Gasteiger partial charge >= 0.3 is 0 Å². The Morgan fingerprint density at radius 3 is 3.05 bits per heavy atom. The molecule has 21 heavy (non-hydrogen) atoms. The second-order valence-electron chi connectivity index (χ2n) is 6.47. The minimum atomic E-state index is -0.409. The van der Waals surface area contributed by atoms with Gasteiger partial charge in [-0.3, -0.25) is 0 Å². The van der Waals surface area contributed by atoms with E-state index in [-0.39, 0.29) is 0 Å². The van der Waals surface area contributed by atoms with Crippen molar-refractivity contribution >= 4 is 11.3 Å². The van der Waals surface area contributed by atoms with Crippen LogP contribution in [0.25, 0.3) is 0 Å². The van der Waals surface area contributed by atoms with E-state index in [4.69, 9.17) is 4.74 Å². The Morgan fingerprint density at radius 2 is 2.33 bits per heavy atom. The Kier molecular flexibility index (Phi) is 7.17. The molecule has 4 heteroatoms. The molecule has 0 saturated heterocycles. The number of nitrogens with one attached hydrogen (secondary N) is 1. The summed E-state index contributed by atoms with van der Waals surface area (Å²) in [5, 5.41) is 15.5. The van der Waals surface area contributed by atoms with Crippen molar-refractivity contribution in [2.75, 3.05) is 13.2 Å². The summed E-state index contributed by atoms with van der Waals surface area (Å²) < 4.78 is 5.87. The fraction of sp³-hybridized carbons (Fsp3) is 0.765. The van der Waals surface area contributed by atoms with Gasteiger partial charge in [-0.15, -0.1) is 11.3 Å². The number of rotatable bonds is 8. The monoisotopic (exact) mass is 311 g/mol. The van der Waals surface area contributed by atoms with Crippen LogP contribution in [0.2, 0.25) is 0 Å². The minimum absolute atomic E-state index is 0.354. The van der Waals surface area contributed by atoms with Crippen molar-refractivity contribution in [1.29, 1.82) is 0 Å². The molecular weight excluding hydrogens is 282 g/mol. The molecule has 1 aliphatic rings. The lowest BCUT2D eigenvalue weighted by atomic mass is 9.89. The first-order valence-electron chi connectivity index (χ1n) is 8.19. The molecule has 2 rings (SSSR count). The number of thiophene rings is 1. The van der Waals surface area contributed by atoms with Crippen LogP contribution >= 0.6 is 11.3 Å². The van der Waals surface area contributed by atoms with Crippen molar-refractivity contribution in [3.63, 3.8) is 0 Å². The van der Waals surface area contributed by atoms with Crippen LogP contribution in [-0.4, -0.2) is 36.5 Å². The maximum absolute atomic E-state index is 10.0. The van der Waals surface area contributed by atoms with Crippen molar-refractivity contribution in [3.05, 3.63) is 22.4 Å². The van der Waals surface area contributed by atoms with E-state index in [1.54, 1.807) is 11.3 Å². The summed E-state index contributed by atoms with van der Waals surface area (Å²) in [6.07, 6.45) is 5.85. The first-order chi connectivity index (χ1) is 10.1. The molecule has 4 atom stereocenters. The molecule has 1 heterocycles. The quantitative estimate of drug-likeness (QED) is 0.774. The molecule has 0 aromatic carbocycles. The van der Waals surface area contributed by atoms with E-state index in [9.17, 15) is 5.11 Å². The molecule has 1 aromatic rings. The molecule has 1 saturated carbocycles. The topological polar surface area (TPSA) is 41.5 Å². The maximum Gasteiger partial charge on any atom is 0.0897 e. The van der Waals surface area contributed by atoms with Crippen LogP contribution in [0.1, 0.15) is 44.4 Å². The first-order valence-corrected chi connectivity index (χ1v) is 9.07. The third-order valence-corrected chi connectivity index (χ3v) is 5.10. The standard InChI is InChI=1S/C17H29NO2S/c1-13-5-3-6-16(9-13)20-12-15(19)11-18-14(2)10-17-7-4-8-21-17/h4,7-8,13-16,18-19H,3,5-6,9-12H2,1-2H3. The fourth-order valence-electron chi connectivity index (χ4n) is 2.98. The van der Waals surface area contributed by atoms with Gasteiger partial charge in [0.1, 0.15) is 0 Å². The average molecular weight is 311 g/mol. The third kappa shape index (κ3) is 6.47. The Bertz CT molecular complexity index is 382. The van der Waals surface area contributed by atoms with E-state index >= 15 is 0 Å². The molecular formula is C17H29NO2S. The van der Waals surface area contributed by atoms with Crippen LogP contribution in [-0.2, 0) is 11.2 Å². The summed E-state index contributed by atoms with van der Waals surface area (Å²) >= 11 is 1.79. The normalized spacial score (nSPS) is 25.7. The highest BCUT2D eigenvalue weighted by Crippen LogP contribution is 2.25. The van der Waals surface area contributed by atoms with Gasteiger partial charge in [-0.25, -0.2) is 0 Å². The molecule has 1 aromatic heterocycles. The summed E-state index contributed by atoms with van der Waals surface area (Å²) in [6.45, 7) is 5.51. The van der Waals surface area contributed by atoms with Crippen molar-refractivity contribution in [2.45, 2.75) is 64.2 Å². The van der Waals surface area contributed by atoms with E-state index in [1.165, 1.54) is 17.7 Å². The molecule has 0 aliphatic heterocycles. The van der Waals surface area contributed by atoms with Crippen molar-refractivity contribution in [1.82, 2.24) is 5.32 Å². The highest BCUT2D eigenvalue weighted by molar-refractivity contribution is 7.09. The number of ether oxygens (including phenoxy) is 1.